The Morgan fingerprint density at radius 2 is 2.33 bits per heavy atom. The van der Waals surface area contributed by atoms with Crippen LogP contribution in [-0.2, 0) is 4.74 Å². The van der Waals surface area contributed by atoms with Crippen LogP contribution in [0.2, 0.25) is 0 Å². The molecule has 15 heavy (non-hydrogen) atoms. The van der Waals surface area contributed by atoms with Crippen molar-refractivity contribution < 1.29 is 9.13 Å². The van der Waals surface area contributed by atoms with Crippen molar-refractivity contribution in [3.63, 3.8) is 0 Å². The van der Waals surface area contributed by atoms with E-state index in [0.29, 0.717) is 12.3 Å². The van der Waals surface area contributed by atoms with E-state index in [-0.39, 0.29) is 11.9 Å². The first-order valence-corrected chi connectivity index (χ1v) is 5.37. The minimum absolute atomic E-state index is 0.180. The summed E-state index contributed by atoms with van der Waals surface area (Å²) in [5.41, 5.74) is 1.56. The molecule has 1 unspecified atom stereocenters. The number of hydrogen-bond donors (Lipinski definition) is 1. The first-order chi connectivity index (χ1) is 7.27. The summed E-state index contributed by atoms with van der Waals surface area (Å²) in [5.74, 6) is -0.180. The lowest BCUT2D eigenvalue weighted by molar-refractivity contribution is 0.0875. The highest BCUT2D eigenvalue weighted by Crippen LogP contribution is 2.21. The van der Waals surface area contributed by atoms with Crippen molar-refractivity contribution in [2.24, 2.45) is 0 Å². The second-order valence-electron chi connectivity index (χ2n) is 3.99. The fourth-order valence-corrected chi connectivity index (χ4v) is 1.87. The number of hydrogen-bond acceptors (Lipinski definition) is 2. The van der Waals surface area contributed by atoms with Gasteiger partial charge in [-0.05, 0) is 31.4 Å². The second kappa shape index (κ2) is 4.62. The lowest BCUT2D eigenvalue weighted by Crippen LogP contribution is -2.30. The van der Waals surface area contributed by atoms with Crippen LogP contribution in [-0.4, -0.2) is 19.3 Å². The molecule has 82 valence electrons. The normalized spacial score (nSPS) is 21.3. The molecule has 1 aliphatic rings. The van der Waals surface area contributed by atoms with Gasteiger partial charge in [0.15, 0.2) is 0 Å². The number of nitrogens with one attached hydrogen (secondary N) is 1. The Hall–Kier alpha value is -1.09. The summed E-state index contributed by atoms with van der Waals surface area (Å²) >= 11 is 0. The predicted octanol–water partition coefficient (Wildman–Crippen LogP) is 2.73. The van der Waals surface area contributed by atoms with Gasteiger partial charge in [-0.25, -0.2) is 4.39 Å². The summed E-state index contributed by atoms with van der Waals surface area (Å²) in [6.45, 7) is 3.41. The number of anilines is 1. The van der Waals surface area contributed by atoms with Gasteiger partial charge in [0.05, 0.1) is 12.3 Å². The Morgan fingerprint density at radius 3 is 3.00 bits per heavy atom. The van der Waals surface area contributed by atoms with Gasteiger partial charge in [0, 0.05) is 12.6 Å². The Kier molecular flexibility index (Phi) is 3.21. The zero-order valence-electron chi connectivity index (χ0n) is 8.92. The van der Waals surface area contributed by atoms with Gasteiger partial charge < -0.3 is 10.1 Å². The van der Waals surface area contributed by atoms with Gasteiger partial charge in [0.25, 0.3) is 0 Å². The molecule has 1 aliphatic heterocycles. The van der Waals surface area contributed by atoms with E-state index in [1.807, 2.05) is 13.0 Å². The number of para-hydroxylation sites is 1. The number of halogens is 1. The third-order valence-electron chi connectivity index (χ3n) is 2.73. The van der Waals surface area contributed by atoms with Gasteiger partial charge >= 0.3 is 0 Å². The van der Waals surface area contributed by atoms with Crippen molar-refractivity contribution in [3.8, 4) is 0 Å². The molecule has 0 aliphatic carbocycles. The Morgan fingerprint density at radius 1 is 1.47 bits per heavy atom. The fourth-order valence-electron chi connectivity index (χ4n) is 1.87. The van der Waals surface area contributed by atoms with Crippen LogP contribution in [0.15, 0.2) is 18.2 Å². The second-order valence-corrected chi connectivity index (χ2v) is 3.99. The molecule has 0 amide bonds. The average molecular weight is 209 g/mol. The molecule has 1 atom stereocenters. The van der Waals surface area contributed by atoms with Gasteiger partial charge in [0.2, 0.25) is 0 Å². The standard InChI is InChI=1S/C12H16FNO/c1-9-4-2-6-11(13)12(9)14-10-5-3-7-15-8-10/h2,4,6,10,14H,3,5,7-8H2,1H3. The largest absolute Gasteiger partial charge is 0.379 e. The van der Waals surface area contributed by atoms with Crippen molar-refractivity contribution in [1.29, 1.82) is 0 Å². The van der Waals surface area contributed by atoms with Crippen molar-refractivity contribution >= 4 is 5.69 Å². The van der Waals surface area contributed by atoms with Gasteiger partial charge in [-0.2, -0.15) is 0 Å². The van der Waals surface area contributed by atoms with E-state index in [1.54, 1.807) is 6.07 Å². The van der Waals surface area contributed by atoms with E-state index in [0.717, 1.165) is 25.0 Å². The highest BCUT2D eigenvalue weighted by atomic mass is 19.1. The van der Waals surface area contributed by atoms with Gasteiger partial charge in [0.1, 0.15) is 5.82 Å². The first-order valence-electron chi connectivity index (χ1n) is 5.37. The van der Waals surface area contributed by atoms with Crippen molar-refractivity contribution in [3.05, 3.63) is 29.6 Å². The molecule has 0 aromatic heterocycles. The third-order valence-corrected chi connectivity index (χ3v) is 2.73. The Balaban J connectivity index is 2.09. The molecular formula is C12H16FNO. The molecule has 1 aromatic carbocycles. The molecule has 1 fully saturated rings. The van der Waals surface area contributed by atoms with Crippen molar-refractivity contribution in [1.82, 2.24) is 0 Å². The molecule has 0 bridgehead atoms. The summed E-state index contributed by atoms with van der Waals surface area (Å²) in [7, 11) is 0. The van der Waals surface area contributed by atoms with Gasteiger partial charge in [-0.15, -0.1) is 0 Å². The van der Waals surface area contributed by atoms with Crippen LogP contribution in [0.4, 0.5) is 10.1 Å². The predicted molar refractivity (Wildman–Crippen MR) is 58.6 cm³/mol. The molecule has 1 N–H and O–H groups in total. The van der Waals surface area contributed by atoms with E-state index in [4.69, 9.17) is 4.74 Å². The van der Waals surface area contributed by atoms with Gasteiger partial charge in [-0.1, -0.05) is 12.1 Å². The van der Waals surface area contributed by atoms with Crippen LogP contribution in [0.3, 0.4) is 0 Å². The molecule has 0 radical (unpaired) electrons. The molecule has 3 heteroatoms. The van der Waals surface area contributed by atoms with E-state index in [9.17, 15) is 4.39 Å². The maximum atomic E-state index is 13.5. The Bertz CT molecular complexity index is 314. The first kappa shape index (κ1) is 10.4. The molecule has 1 heterocycles. The summed E-state index contributed by atoms with van der Waals surface area (Å²) in [4.78, 5) is 0. The SMILES string of the molecule is Cc1cccc(F)c1NC1CCCOC1. The third kappa shape index (κ3) is 2.48. The summed E-state index contributed by atoms with van der Waals surface area (Å²) < 4.78 is 18.9. The molecule has 2 rings (SSSR count). The lowest BCUT2D eigenvalue weighted by Gasteiger charge is -2.25. The molecule has 1 saturated heterocycles. The minimum Gasteiger partial charge on any atom is -0.379 e. The quantitative estimate of drug-likeness (QED) is 0.808. The van der Waals surface area contributed by atoms with Crippen molar-refractivity contribution in [2.75, 3.05) is 18.5 Å². The maximum absolute atomic E-state index is 13.5. The number of aryl methyl sites for hydroxylation is 1. The smallest absolute Gasteiger partial charge is 0.146 e. The minimum atomic E-state index is -0.180. The lowest BCUT2D eigenvalue weighted by atomic mass is 10.1. The van der Waals surface area contributed by atoms with Crippen molar-refractivity contribution in [2.45, 2.75) is 25.8 Å². The van der Waals surface area contributed by atoms with E-state index < -0.39 is 0 Å². The number of benzene rings is 1. The summed E-state index contributed by atoms with van der Waals surface area (Å²) in [6.07, 6.45) is 2.10. The zero-order valence-corrected chi connectivity index (χ0v) is 8.92. The van der Waals surface area contributed by atoms with Crippen LogP contribution >= 0.6 is 0 Å². The van der Waals surface area contributed by atoms with E-state index in [2.05, 4.69) is 5.32 Å². The molecule has 0 saturated carbocycles. The number of ether oxygens (including phenoxy) is 1. The van der Waals surface area contributed by atoms with E-state index >= 15 is 0 Å². The maximum Gasteiger partial charge on any atom is 0.146 e. The average Bonchev–Trinajstić information content (AvgIpc) is 2.25. The van der Waals surface area contributed by atoms with Crippen LogP contribution in [0.5, 0.6) is 0 Å². The summed E-state index contributed by atoms with van der Waals surface area (Å²) in [6, 6.07) is 5.37. The summed E-state index contributed by atoms with van der Waals surface area (Å²) in [5, 5.41) is 3.22. The van der Waals surface area contributed by atoms with Crippen LogP contribution < -0.4 is 5.32 Å². The van der Waals surface area contributed by atoms with Crippen LogP contribution in [0.1, 0.15) is 18.4 Å². The monoisotopic (exact) mass is 209 g/mol. The highest BCUT2D eigenvalue weighted by Gasteiger charge is 2.15. The van der Waals surface area contributed by atoms with Crippen LogP contribution in [0, 0.1) is 12.7 Å². The van der Waals surface area contributed by atoms with Gasteiger partial charge in [-0.3, -0.25) is 0 Å². The fraction of sp³-hybridized carbons (Fsp3) is 0.500. The molecule has 0 spiro atoms. The topological polar surface area (TPSA) is 21.3 Å². The van der Waals surface area contributed by atoms with Crippen LogP contribution in [0.25, 0.3) is 0 Å². The number of rotatable bonds is 2. The Labute approximate surface area is 89.4 Å². The zero-order chi connectivity index (χ0) is 10.7. The molecular weight excluding hydrogens is 193 g/mol. The highest BCUT2D eigenvalue weighted by molar-refractivity contribution is 5.52. The van der Waals surface area contributed by atoms with E-state index in [1.165, 1.54) is 6.07 Å². The molecule has 1 aromatic rings. The molecule has 2 nitrogen and oxygen atoms in total.